The molecule has 2 aliphatic rings. The van der Waals surface area contributed by atoms with Gasteiger partial charge in [-0.05, 0) is 38.1 Å². The van der Waals surface area contributed by atoms with Crippen molar-refractivity contribution in [3.8, 4) is 5.75 Å². The smallest absolute Gasteiger partial charge is 0.142 e. The average Bonchev–Trinajstić information content (AvgIpc) is 2.86. The van der Waals surface area contributed by atoms with Crippen molar-refractivity contribution in [1.29, 1.82) is 0 Å². The third kappa shape index (κ3) is 3.44. The van der Waals surface area contributed by atoms with E-state index in [-0.39, 0.29) is 0 Å². The van der Waals surface area contributed by atoms with Gasteiger partial charge in [-0.2, -0.15) is 0 Å². The van der Waals surface area contributed by atoms with Crippen LogP contribution < -0.4 is 15.0 Å². The Balaban J connectivity index is 1.61. The highest BCUT2D eigenvalue weighted by Crippen LogP contribution is 2.30. The van der Waals surface area contributed by atoms with Crippen molar-refractivity contribution >= 4 is 5.69 Å². The first-order valence-corrected chi connectivity index (χ1v) is 7.83. The summed E-state index contributed by atoms with van der Waals surface area (Å²) in [6.07, 6.45) is 2.37. The Labute approximate surface area is 121 Å². The van der Waals surface area contributed by atoms with E-state index in [1.807, 2.05) is 0 Å². The minimum absolute atomic E-state index is 0.834. The molecule has 0 aromatic heterocycles. The summed E-state index contributed by atoms with van der Waals surface area (Å²) in [6, 6.07) is 8.44. The molecule has 0 spiro atoms. The zero-order valence-corrected chi connectivity index (χ0v) is 12.2. The second kappa shape index (κ2) is 6.95. The van der Waals surface area contributed by atoms with E-state index in [4.69, 9.17) is 4.74 Å². The van der Waals surface area contributed by atoms with Crippen LogP contribution in [0.3, 0.4) is 0 Å². The molecule has 4 nitrogen and oxygen atoms in total. The number of fused-ring (bicyclic) bond motifs is 1. The van der Waals surface area contributed by atoms with E-state index in [0.29, 0.717) is 0 Å². The van der Waals surface area contributed by atoms with Gasteiger partial charge in [0.1, 0.15) is 5.75 Å². The zero-order valence-electron chi connectivity index (χ0n) is 12.2. The summed E-state index contributed by atoms with van der Waals surface area (Å²) >= 11 is 0. The van der Waals surface area contributed by atoms with Crippen LogP contribution in [0.1, 0.15) is 12.8 Å². The molecule has 110 valence electrons. The first-order valence-electron chi connectivity index (χ1n) is 7.83. The second-order valence-corrected chi connectivity index (χ2v) is 5.60. The van der Waals surface area contributed by atoms with Crippen molar-refractivity contribution in [2.24, 2.45) is 0 Å². The van der Waals surface area contributed by atoms with Crippen LogP contribution in [0.4, 0.5) is 5.69 Å². The minimum Gasteiger partial charge on any atom is -0.491 e. The second-order valence-electron chi connectivity index (χ2n) is 5.60. The maximum absolute atomic E-state index is 5.83. The largest absolute Gasteiger partial charge is 0.491 e. The van der Waals surface area contributed by atoms with Gasteiger partial charge < -0.3 is 19.9 Å². The molecule has 0 atom stereocenters. The molecule has 0 amide bonds. The Bertz CT molecular complexity index is 416. The van der Waals surface area contributed by atoms with Gasteiger partial charge in [0, 0.05) is 32.7 Å². The van der Waals surface area contributed by atoms with Crippen molar-refractivity contribution < 1.29 is 4.74 Å². The Morgan fingerprint density at radius 2 is 1.95 bits per heavy atom. The van der Waals surface area contributed by atoms with Gasteiger partial charge in [0.25, 0.3) is 0 Å². The van der Waals surface area contributed by atoms with Gasteiger partial charge in [-0.15, -0.1) is 0 Å². The van der Waals surface area contributed by atoms with Crippen molar-refractivity contribution in [3.05, 3.63) is 24.3 Å². The first-order chi connectivity index (χ1) is 9.93. The van der Waals surface area contributed by atoms with Gasteiger partial charge in [0.05, 0.1) is 12.3 Å². The summed E-state index contributed by atoms with van der Waals surface area (Å²) in [5.74, 6) is 1.04. The van der Waals surface area contributed by atoms with E-state index in [1.54, 1.807) is 0 Å². The van der Waals surface area contributed by atoms with E-state index in [1.165, 1.54) is 25.2 Å². The standard InChI is InChI=1S/C16H25N3O/c1-2-6-16-15(5-1)19(10-4-14-20-16)13-12-18-9-3-7-17-8-11-18/h1-2,5-6,17H,3-4,7-14H2. The average molecular weight is 275 g/mol. The fourth-order valence-corrected chi connectivity index (χ4v) is 3.02. The lowest BCUT2D eigenvalue weighted by Gasteiger charge is -2.27. The van der Waals surface area contributed by atoms with Gasteiger partial charge >= 0.3 is 0 Å². The third-order valence-corrected chi connectivity index (χ3v) is 4.15. The van der Waals surface area contributed by atoms with Crippen LogP contribution in [-0.2, 0) is 0 Å². The van der Waals surface area contributed by atoms with Crippen LogP contribution in [0.25, 0.3) is 0 Å². The van der Waals surface area contributed by atoms with Gasteiger partial charge in [0.15, 0.2) is 0 Å². The Morgan fingerprint density at radius 3 is 2.95 bits per heavy atom. The molecule has 0 bridgehead atoms. The highest BCUT2D eigenvalue weighted by molar-refractivity contribution is 5.58. The van der Waals surface area contributed by atoms with Crippen LogP contribution in [0.2, 0.25) is 0 Å². The maximum Gasteiger partial charge on any atom is 0.142 e. The molecule has 0 saturated carbocycles. The van der Waals surface area contributed by atoms with Crippen molar-refractivity contribution in [2.45, 2.75) is 12.8 Å². The molecule has 20 heavy (non-hydrogen) atoms. The monoisotopic (exact) mass is 275 g/mol. The van der Waals surface area contributed by atoms with E-state index in [2.05, 4.69) is 39.4 Å². The van der Waals surface area contributed by atoms with E-state index < -0.39 is 0 Å². The lowest BCUT2D eigenvalue weighted by molar-refractivity contribution is 0.297. The summed E-state index contributed by atoms with van der Waals surface area (Å²) in [4.78, 5) is 5.06. The number of nitrogens with one attached hydrogen (secondary N) is 1. The number of ether oxygens (including phenoxy) is 1. The number of hydrogen-bond donors (Lipinski definition) is 1. The quantitative estimate of drug-likeness (QED) is 0.906. The fourth-order valence-electron chi connectivity index (χ4n) is 3.02. The predicted molar refractivity (Wildman–Crippen MR) is 82.7 cm³/mol. The molecule has 2 aliphatic heterocycles. The first kappa shape index (κ1) is 13.7. The Kier molecular flexibility index (Phi) is 4.77. The van der Waals surface area contributed by atoms with E-state index in [0.717, 1.165) is 51.5 Å². The molecule has 1 N–H and O–H groups in total. The Morgan fingerprint density at radius 1 is 1.00 bits per heavy atom. The molecule has 1 fully saturated rings. The third-order valence-electron chi connectivity index (χ3n) is 4.15. The number of para-hydroxylation sites is 2. The molecular weight excluding hydrogens is 250 g/mol. The molecule has 4 heteroatoms. The molecule has 1 aromatic carbocycles. The van der Waals surface area contributed by atoms with Crippen molar-refractivity contribution in [1.82, 2.24) is 10.2 Å². The number of hydrogen-bond acceptors (Lipinski definition) is 4. The number of anilines is 1. The van der Waals surface area contributed by atoms with Crippen LogP contribution in [0.15, 0.2) is 24.3 Å². The molecule has 3 rings (SSSR count). The maximum atomic E-state index is 5.83. The summed E-state index contributed by atoms with van der Waals surface area (Å²) < 4.78 is 5.83. The highest BCUT2D eigenvalue weighted by Gasteiger charge is 2.17. The lowest BCUT2D eigenvalue weighted by Crippen LogP contribution is -2.37. The number of nitrogens with zero attached hydrogens (tertiary/aromatic N) is 2. The molecule has 0 radical (unpaired) electrons. The van der Waals surface area contributed by atoms with Gasteiger partial charge in [0.2, 0.25) is 0 Å². The van der Waals surface area contributed by atoms with Crippen LogP contribution in [0, 0.1) is 0 Å². The molecule has 1 saturated heterocycles. The molecule has 0 unspecified atom stereocenters. The Hall–Kier alpha value is -1.26. The molecular formula is C16H25N3O. The zero-order chi connectivity index (χ0) is 13.6. The van der Waals surface area contributed by atoms with Crippen LogP contribution in [0.5, 0.6) is 5.75 Å². The summed E-state index contributed by atoms with van der Waals surface area (Å²) in [6.45, 7) is 8.86. The van der Waals surface area contributed by atoms with Gasteiger partial charge in [-0.25, -0.2) is 0 Å². The summed E-state index contributed by atoms with van der Waals surface area (Å²) in [5.41, 5.74) is 1.26. The van der Waals surface area contributed by atoms with Crippen molar-refractivity contribution in [2.75, 3.05) is 57.3 Å². The number of rotatable bonds is 3. The van der Waals surface area contributed by atoms with E-state index in [9.17, 15) is 0 Å². The summed E-state index contributed by atoms with van der Waals surface area (Å²) in [5, 5.41) is 3.47. The SMILES string of the molecule is c1ccc2c(c1)OCCCN2CCN1CCCNCC1. The normalized spacial score (nSPS) is 20.7. The van der Waals surface area contributed by atoms with Gasteiger partial charge in [-0.3, -0.25) is 0 Å². The summed E-state index contributed by atoms with van der Waals surface area (Å²) in [7, 11) is 0. The topological polar surface area (TPSA) is 27.7 Å². The molecule has 1 aromatic rings. The number of benzene rings is 1. The van der Waals surface area contributed by atoms with Crippen molar-refractivity contribution in [3.63, 3.8) is 0 Å². The van der Waals surface area contributed by atoms with E-state index >= 15 is 0 Å². The lowest BCUT2D eigenvalue weighted by atomic mass is 10.2. The van der Waals surface area contributed by atoms with Gasteiger partial charge in [-0.1, -0.05) is 12.1 Å². The minimum atomic E-state index is 0.834. The fraction of sp³-hybridized carbons (Fsp3) is 0.625. The molecule has 0 aliphatic carbocycles. The highest BCUT2D eigenvalue weighted by atomic mass is 16.5. The van der Waals surface area contributed by atoms with Crippen LogP contribution >= 0.6 is 0 Å². The van der Waals surface area contributed by atoms with Crippen LogP contribution in [-0.4, -0.2) is 57.3 Å². The predicted octanol–water partition coefficient (Wildman–Crippen LogP) is 1.57. The molecule has 2 heterocycles.